The fourth-order valence-corrected chi connectivity index (χ4v) is 1.32. The molecule has 0 aliphatic carbocycles. The monoisotopic (exact) mass is 193 g/mol. The smallest absolute Gasteiger partial charge is 0.145 e. The van der Waals surface area contributed by atoms with Crippen LogP contribution in [0.25, 0.3) is 0 Å². The summed E-state index contributed by atoms with van der Waals surface area (Å²) < 4.78 is 10.6. The van der Waals surface area contributed by atoms with Crippen molar-refractivity contribution in [3.8, 4) is 5.75 Å². The van der Waals surface area contributed by atoms with E-state index in [1.807, 2.05) is 31.2 Å². The topological polar surface area (TPSA) is 44.5 Å². The third-order valence-corrected chi connectivity index (χ3v) is 2.32. The Morgan fingerprint density at radius 2 is 2.00 bits per heavy atom. The van der Waals surface area contributed by atoms with Crippen molar-refractivity contribution in [2.24, 2.45) is 5.73 Å². The molecule has 1 aliphatic rings. The van der Waals surface area contributed by atoms with Gasteiger partial charge >= 0.3 is 0 Å². The Hall–Kier alpha value is -1.06. The summed E-state index contributed by atoms with van der Waals surface area (Å²) in [4.78, 5) is 0. The van der Waals surface area contributed by atoms with Crippen LogP contribution in [0.5, 0.6) is 5.75 Å². The maximum absolute atomic E-state index is 5.74. The second-order valence-corrected chi connectivity index (χ2v) is 3.64. The van der Waals surface area contributed by atoms with Gasteiger partial charge in [-0.3, -0.25) is 0 Å². The van der Waals surface area contributed by atoms with Gasteiger partial charge in [-0.15, -0.1) is 0 Å². The van der Waals surface area contributed by atoms with Crippen molar-refractivity contribution in [1.82, 2.24) is 0 Å². The largest absolute Gasteiger partial charge is 0.486 e. The van der Waals surface area contributed by atoms with Gasteiger partial charge in [0.15, 0.2) is 0 Å². The van der Waals surface area contributed by atoms with Crippen LogP contribution in [-0.4, -0.2) is 19.3 Å². The molecule has 76 valence electrons. The van der Waals surface area contributed by atoms with E-state index in [1.165, 1.54) is 0 Å². The molecule has 14 heavy (non-hydrogen) atoms. The summed E-state index contributed by atoms with van der Waals surface area (Å²) in [5.74, 6) is 0.891. The molecular formula is C11H15NO2. The number of nitrogens with two attached hydrogens (primary N) is 1. The van der Waals surface area contributed by atoms with Crippen LogP contribution in [0.15, 0.2) is 24.3 Å². The maximum atomic E-state index is 5.74. The first-order chi connectivity index (χ1) is 6.75. The highest BCUT2D eigenvalue weighted by Gasteiger charge is 2.19. The van der Waals surface area contributed by atoms with Crippen LogP contribution in [0.4, 0.5) is 0 Å². The maximum Gasteiger partial charge on any atom is 0.145 e. The molecule has 0 spiro atoms. The van der Waals surface area contributed by atoms with E-state index >= 15 is 0 Å². The molecule has 0 bridgehead atoms. The fourth-order valence-electron chi connectivity index (χ4n) is 1.32. The average Bonchev–Trinajstić information content (AvgIpc) is 2.12. The third kappa shape index (κ3) is 2.05. The highest BCUT2D eigenvalue weighted by molar-refractivity contribution is 5.29. The Morgan fingerprint density at radius 3 is 2.43 bits per heavy atom. The van der Waals surface area contributed by atoms with Crippen molar-refractivity contribution in [3.05, 3.63) is 29.8 Å². The van der Waals surface area contributed by atoms with Crippen molar-refractivity contribution in [1.29, 1.82) is 0 Å². The van der Waals surface area contributed by atoms with Gasteiger partial charge in [0.05, 0.1) is 13.2 Å². The van der Waals surface area contributed by atoms with Gasteiger partial charge in [0.25, 0.3) is 0 Å². The van der Waals surface area contributed by atoms with Crippen molar-refractivity contribution in [2.75, 3.05) is 13.2 Å². The van der Waals surface area contributed by atoms with Crippen LogP contribution in [0.3, 0.4) is 0 Å². The van der Waals surface area contributed by atoms with E-state index in [9.17, 15) is 0 Å². The minimum absolute atomic E-state index is 0.0797. The first-order valence-corrected chi connectivity index (χ1v) is 4.85. The predicted octanol–water partition coefficient (Wildman–Crippen LogP) is 1.48. The zero-order valence-electron chi connectivity index (χ0n) is 8.27. The minimum Gasteiger partial charge on any atom is -0.486 e. The summed E-state index contributed by atoms with van der Waals surface area (Å²) in [7, 11) is 0. The Kier molecular flexibility index (Phi) is 2.70. The number of benzene rings is 1. The van der Waals surface area contributed by atoms with E-state index in [1.54, 1.807) is 0 Å². The Labute approximate surface area is 83.8 Å². The summed E-state index contributed by atoms with van der Waals surface area (Å²) in [6, 6.07) is 7.99. The second-order valence-electron chi connectivity index (χ2n) is 3.64. The van der Waals surface area contributed by atoms with E-state index in [-0.39, 0.29) is 12.1 Å². The van der Waals surface area contributed by atoms with Gasteiger partial charge in [-0.1, -0.05) is 12.1 Å². The van der Waals surface area contributed by atoms with Crippen molar-refractivity contribution >= 4 is 0 Å². The van der Waals surface area contributed by atoms with Crippen LogP contribution in [0.1, 0.15) is 18.5 Å². The van der Waals surface area contributed by atoms with Crippen LogP contribution in [-0.2, 0) is 4.74 Å². The van der Waals surface area contributed by atoms with Gasteiger partial charge < -0.3 is 15.2 Å². The van der Waals surface area contributed by atoms with E-state index in [0.29, 0.717) is 13.2 Å². The molecule has 0 radical (unpaired) electrons. The molecule has 0 amide bonds. The fraction of sp³-hybridized carbons (Fsp3) is 0.455. The Bertz CT molecular complexity index is 291. The molecule has 0 saturated carbocycles. The van der Waals surface area contributed by atoms with E-state index in [4.69, 9.17) is 15.2 Å². The zero-order chi connectivity index (χ0) is 9.97. The molecule has 1 aromatic carbocycles. The minimum atomic E-state index is 0.0797. The highest BCUT2D eigenvalue weighted by atomic mass is 16.6. The third-order valence-electron chi connectivity index (χ3n) is 2.32. The van der Waals surface area contributed by atoms with E-state index in [2.05, 4.69) is 0 Å². The molecule has 1 atom stereocenters. The van der Waals surface area contributed by atoms with Crippen molar-refractivity contribution in [2.45, 2.75) is 19.1 Å². The summed E-state index contributed by atoms with van der Waals surface area (Å²) in [6.45, 7) is 3.37. The molecule has 1 aromatic rings. The lowest BCUT2D eigenvalue weighted by Crippen LogP contribution is -2.38. The SMILES string of the molecule is CC(N)c1ccc(OC2COC2)cc1. The van der Waals surface area contributed by atoms with Crippen LogP contribution in [0.2, 0.25) is 0 Å². The summed E-state index contributed by atoms with van der Waals surface area (Å²) in [5, 5.41) is 0. The lowest BCUT2D eigenvalue weighted by molar-refractivity contribution is -0.0796. The standard InChI is InChI=1S/C11H15NO2/c1-8(12)9-2-4-10(5-3-9)14-11-6-13-7-11/h2-5,8,11H,6-7,12H2,1H3. The first kappa shape index (κ1) is 9.49. The second kappa shape index (κ2) is 3.98. The summed E-state index contributed by atoms with van der Waals surface area (Å²) in [5.41, 5.74) is 6.87. The molecule has 1 fully saturated rings. The van der Waals surface area contributed by atoms with Crippen LogP contribution < -0.4 is 10.5 Å². The molecular weight excluding hydrogens is 178 g/mol. The molecule has 3 heteroatoms. The Balaban J connectivity index is 1.98. The summed E-state index contributed by atoms with van der Waals surface area (Å²) in [6.07, 6.45) is 0.233. The number of hydrogen-bond donors (Lipinski definition) is 1. The van der Waals surface area contributed by atoms with Gasteiger partial charge in [0.2, 0.25) is 0 Å². The van der Waals surface area contributed by atoms with Crippen molar-refractivity contribution in [3.63, 3.8) is 0 Å². The lowest BCUT2D eigenvalue weighted by Gasteiger charge is -2.26. The number of rotatable bonds is 3. The zero-order valence-corrected chi connectivity index (χ0v) is 8.27. The van der Waals surface area contributed by atoms with E-state index < -0.39 is 0 Å². The van der Waals surface area contributed by atoms with Gasteiger partial charge in [-0.05, 0) is 24.6 Å². The molecule has 1 heterocycles. The van der Waals surface area contributed by atoms with Gasteiger partial charge in [-0.25, -0.2) is 0 Å². The van der Waals surface area contributed by atoms with E-state index in [0.717, 1.165) is 11.3 Å². The number of ether oxygens (including phenoxy) is 2. The molecule has 1 unspecified atom stereocenters. The molecule has 2 rings (SSSR count). The molecule has 0 aromatic heterocycles. The molecule has 2 N–H and O–H groups in total. The Morgan fingerprint density at radius 1 is 1.36 bits per heavy atom. The van der Waals surface area contributed by atoms with Gasteiger partial charge in [-0.2, -0.15) is 0 Å². The normalized spacial score (nSPS) is 18.7. The quantitative estimate of drug-likeness (QED) is 0.790. The number of hydrogen-bond acceptors (Lipinski definition) is 3. The lowest BCUT2D eigenvalue weighted by atomic mass is 10.1. The summed E-state index contributed by atoms with van der Waals surface area (Å²) >= 11 is 0. The molecule has 1 saturated heterocycles. The predicted molar refractivity (Wildman–Crippen MR) is 54.3 cm³/mol. The average molecular weight is 193 g/mol. The van der Waals surface area contributed by atoms with Crippen molar-refractivity contribution < 1.29 is 9.47 Å². The molecule has 3 nitrogen and oxygen atoms in total. The molecule has 1 aliphatic heterocycles. The van der Waals surface area contributed by atoms with Gasteiger partial charge in [0, 0.05) is 6.04 Å². The van der Waals surface area contributed by atoms with Gasteiger partial charge in [0.1, 0.15) is 11.9 Å². The first-order valence-electron chi connectivity index (χ1n) is 4.85. The van der Waals surface area contributed by atoms with Crippen LogP contribution in [0, 0.1) is 0 Å². The van der Waals surface area contributed by atoms with Crippen LogP contribution >= 0.6 is 0 Å². The highest BCUT2D eigenvalue weighted by Crippen LogP contribution is 2.18.